The maximum Gasteiger partial charge on any atom is 0.129 e. The highest BCUT2D eigenvalue weighted by molar-refractivity contribution is 5.33. The molecule has 2 unspecified atom stereocenters. The van der Waals surface area contributed by atoms with Crippen molar-refractivity contribution in [2.45, 2.75) is 37.6 Å². The van der Waals surface area contributed by atoms with E-state index in [2.05, 4.69) is 11.9 Å². The van der Waals surface area contributed by atoms with Gasteiger partial charge in [-0.2, -0.15) is 0 Å². The van der Waals surface area contributed by atoms with Gasteiger partial charge in [-0.25, -0.2) is 4.39 Å². The van der Waals surface area contributed by atoms with Gasteiger partial charge >= 0.3 is 0 Å². The van der Waals surface area contributed by atoms with Gasteiger partial charge in [-0.05, 0) is 37.3 Å². The van der Waals surface area contributed by atoms with Gasteiger partial charge in [0.15, 0.2) is 0 Å². The van der Waals surface area contributed by atoms with Crippen LogP contribution in [0.25, 0.3) is 0 Å². The molecule has 0 amide bonds. The van der Waals surface area contributed by atoms with E-state index in [-0.39, 0.29) is 17.3 Å². The number of hydrogen-bond donors (Lipinski definition) is 1. The zero-order chi connectivity index (χ0) is 12.8. The predicted octanol–water partition coefficient (Wildman–Crippen LogP) is 3.55. The Morgan fingerprint density at radius 1 is 1.44 bits per heavy atom. The van der Waals surface area contributed by atoms with Gasteiger partial charge in [0, 0.05) is 23.9 Å². The van der Waals surface area contributed by atoms with E-state index in [9.17, 15) is 4.39 Å². The summed E-state index contributed by atoms with van der Waals surface area (Å²) in [5.41, 5.74) is 1.81. The monoisotopic (exact) mass is 245 g/mol. The molecule has 1 aromatic rings. The molecule has 1 saturated carbocycles. The molecule has 2 fully saturated rings. The number of aryl methyl sites for hydroxylation is 1. The Hall–Kier alpha value is -1.15. The molecular formula is C16H20FN. The van der Waals surface area contributed by atoms with E-state index in [1.807, 2.05) is 31.2 Å². The topological polar surface area (TPSA) is 12.0 Å². The molecule has 0 radical (unpaired) electrons. The van der Waals surface area contributed by atoms with E-state index >= 15 is 0 Å². The Labute approximate surface area is 108 Å². The van der Waals surface area contributed by atoms with E-state index < -0.39 is 0 Å². The van der Waals surface area contributed by atoms with Crippen molar-refractivity contribution in [1.82, 2.24) is 5.32 Å². The van der Waals surface area contributed by atoms with Crippen LogP contribution in [0.15, 0.2) is 30.9 Å². The van der Waals surface area contributed by atoms with Gasteiger partial charge in [0.25, 0.3) is 0 Å². The van der Waals surface area contributed by atoms with Crippen LogP contribution in [0, 0.1) is 18.7 Å². The third kappa shape index (κ3) is 1.55. The molecule has 1 aromatic carbocycles. The Balaban J connectivity index is 1.97. The zero-order valence-electron chi connectivity index (χ0n) is 10.9. The molecule has 0 aromatic heterocycles. The molecule has 1 aliphatic heterocycles. The Kier molecular flexibility index (Phi) is 2.78. The van der Waals surface area contributed by atoms with Crippen molar-refractivity contribution in [3.63, 3.8) is 0 Å². The van der Waals surface area contributed by atoms with Crippen LogP contribution in [0.4, 0.5) is 4.39 Å². The molecule has 1 saturated heterocycles. The Morgan fingerprint density at radius 3 is 2.83 bits per heavy atom. The quantitative estimate of drug-likeness (QED) is 0.786. The second kappa shape index (κ2) is 4.20. The first-order valence-corrected chi connectivity index (χ1v) is 6.80. The summed E-state index contributed by atoms with van der Waals surface area (Å²) in [6, 6.07) is 5.73. The minimum Gasteiger partial charge on any atom is -0.310 e. The second-order valence-electron chi connectivity index (χ2n) is 5.74. The third-order valence-corrected chi connectivity index (χ3v) is 4.87. The van der Waals surface area contributed by atoms with Crippen LogP contribution >= 0.6 is 0 Å². The van der Waals surface area contributed by atoms with Crippen LogP contribution in [0.5, 0.6) is 0 Å². The Morgan fingerprint density at radius 2 is 2.22 bits per heavy atom. The first kappa shape index (κ1) is 11.9. The molecule has 3 rings (SSSR count). The molecule has 1 N–H and O–H groups in total. The molecule has 1 nitrogen and oxygen atoms in total. The molecular weight excluding hydrogens is 225 g/mol. The van der Waals surface area contributed by atoms with Gasteiger partial charge in [-0.1, -0.05) is 24.3 Å². The highest BCUT2D eigenvalue weighted by Gasteiger charge is 2.50. The van der Waals surface area contributed by atoms with E-state index in [0.29, 0.717) is 5.92 Å². The fourth-order valence-corrected chi connectivity index (χ4v) is 3.66. The third-order valence-electron chi connectivity index (χ3n) is 4.87. The molecule has 0 bridgehead atoms. The number of benzene rings is 1. The summed E-state index contributed by atoms with van der Waals surface area (Å²) in [5, 5.41) is 3.63. The van der Waals surface area contributed by atoms with E-state index in [1.54, 1.807) is 0 Å². The van der Waals surface area contributed by atoms with Crippen molar-refractivity contribution >= 4 is 0 Å². The molecule has 18 heavy (non-hydrogen) atoms. The van der Waals surface area contributed by atoms with Crippen LogP contribution in [0.1, 0.15) is 36.3 Å². The van der Waals surface area contributed by atoms with Crippen molar-refractivity contribution in [3.8, 4) is 0 Å². The minimum atomic E-state index is -0.0347. The van der Waals surface area contributed by atoms with Gasteiger partial charge in [0.05, 0.1) is 0 Å². The van der Waals surface area contributed by atoms with Crippen molar-refractivity contribution in [2.24, 2.45) is 5.92 Å². The van der Waals surface area contributed by atoms with Crippen molar-refractivity contribution in [3.05, 3.63) is 47.8 Å². The molecule has 2 heteroatoms. The normalized spacial score (nSPS) is 29.2. The van der Waals surface area contributed by atoms with Gasteiger partial charge in [-0.15, -0.1) is 6.58 Å². The van der Waals surface area contributed by atoms with Crippen molar-refractivity contribution in [2.75, 3.05) is 6.54 Å². The molecule has 1 spiro atoms. The molecule has 96 valence electrons. The summed E-state index contributed by atoms with van der Waals surface area (Å²) in [5.74, 6) is 0.567. The van der Waals surface area contributed by atoms with Crippen LogP contribution in [-0.2, 0) is 0 Å². The fraction of sp³-hybridized carbons (Fsp3) is 0.500. The van der Waals surface area contributed by atoms with Gasteiger partial charge in [-0.3, -0.25) is 0 Å². The highest BCUT2D eigenvalue weighted by Crippen LogP contribution is 2.49. The van der Waals surface area contributed by atoms with Gasteiger partial charge in [0.1, 0.15) is 5.82 Å². The fourth-order valence-electron chi connectivity index (χ4n) is 3.66. The first-order chi connectivity index (χ1) is 8.68. The van der Waals surface area contributed by atoms with Gasteiger partial charge < -0.3 is 5.32 Å². The lowest BCUT2D eigenvalue weighted by Crippen LogP contribution is -2.50. The number of hydrogen-bond acceptors (Lipinski definition) is 1. The lowest BCUT2D eigenvalue weighted by molar-refractivity contribution is 0.172. The SMILES string of the molecule is C=CC1C(c2cccc(C)c2F)CNC12CCC2. The summed E-state index contributed by atoms with van der Waals surface area (Å²) in [4.78, 5) is 0. The molecule has 2 atom stereocenters. The molecule has 1 aliphatic carbocycles. The zero-order valence-corrected chi connectivity index (χ0v) is 10.9. The van der Waals surface area contributed by atoms with Crippen LogP contribution in [0.2, 0.25) is 0 Å². The number of halogens is 1. The van der Waals surface area contributed by atoms with Crippen molar-refractivity contribution in [1.29, 1.82) is 0 Å². The van der Waals surface area contributed by atoms with E-state index in [4.69, 9.17) is 0 Å². The predicted molar refractivity (Wildman–Crippen MR) is 72.1 cm³/mol. The molecule has 1 heterocycles. The van der Waals surface area contributed by atoms with Crippen LogP contribution in [-0.4, -0.2) is 12.1 Å². The number of rotatable bonds is 2. The highest BCUT2D eigenvalue weighted by atomic mass is 19.1. The smallest absolute Gasteiger partial charge is 0.129 e. The summed E-state index contributed by atoms with van der Waals surface area (Å²) in [7, 11) is 0. The summed E-state index contributed by atoms with van der Waals surface area (Å²) >= 11 is 0. The van der Waals surface area contributed by atoms with E-state index in [0.717, 1.165) is 17.7 Å². The maximum atomic E-state index is 14.3. The Bertz CT molecular complexity index is 476. The summed E-state index contributed by atoms with van der Waals surface area (Å²) < 4.78 is 14.3. The first-order valence-electron chi connectivity index (χ1n) is 6.80. The van der Waals surface area contributed by atoms with Crippen LogP contribution < -0.4 is 5.32 Å². The summed E-state index contributed by atoms with van der Waals surface area (Å²) in [6.07, 6.45) is 5.72. The average molecular weight is 245 g/mol. The maximum absolute atomic E-state index is 14.3. The molecule has 2 aliphatic rings. The van der Waals surface area contributed by atoms with E-state index in [1.165, 1.54) is 19.3 Å². The van der Waals surface area contributed by atoms with Crippen LogP contribution in [0.3, 0.4) is 0 Å². The average Bonchev–Trinajstić information content (AvgIpc) is 2.71. The van der Waals surface area contributed by atoms with Gasteiger partial charge in [0.2, 0.25) is 0 Å². The standard InChI is InChI=1S/C16H20FN/c1-3-14-13(10-18-16(14)8-5-9-16)12-7-4-6-11(2)15(12)17/h3-4,6-7,13-14,18H,1,5,8-10H2,2H3. The lowest BCUT2D eigenvalue weighted by Gasteiger charge is -2.43. The lowest BCUT2D eigenvalue weighted by atomic mass is 9.66. The second-order valence-corrected chi connectivity index (χ2v) is 5.74. The summed E-state index contributed by atoms with van der Waals surface area (Å²) in [6.45, 7) is 6.69. The number of nitrogens with one attached hydrogen (secondary N) is 1. The van der Waals surface area contributed by atoms with Crippen molar-refractivity contribution < 1.29 is 4.39 Å². The largest absolute Gasteiger partial charge is 0.310 e. The minimum absolute atomic E-state index is 0.0347.